The molecule has 3 nitrogen and oxygen atoms in total. The molecular weight excluding hydrogens is 219 g/mol. The summed E-state index contributed by atoms with van der Waals surface area (Å²) in [7, 11) is 0. The number of rotatable bonds is 5. The first-order valence-electron chi connectivity index (χ1n) is 5.98. The smallest absolute Gasteiger partial charge is 0.220 e. The van der Waals surface area contributed by atoms with Gasteiger partial charge in [0.2, 0.25) is 5.91 Å². The molecule has 1 unspecified atom stereocenters. The van der Waals surface area contributed by atoms with Gasteiger partial charge in [-0.2, -0.15) is 0 Å². The fourth-order valence-electron chi connectivity index (χ4n) is 1.99. The minimum Gasteiger partial charge on any atom is -0.352 e. The first-order chi connectivity index (χ1) is 8.24. The van der Waals surface area contributed by atoms with E-state index in [0.29, 0.717) is 6.42 Å². The summed E-state index contributed by atoms with van der Waals surface area (Å²) in [4.78, 5) is 11.0. The number of hydrogen-bond donors (Lipinski definition) is 2. The van der Waals surface area contributed by atoms with Crippen molar-refractivity contribution in [1.82, 2.24) is 10.6 Å². The summed E-state index contributed by atoms with van der Waals surface area (Å²) in [6.07, 6.45) is 2.44. The maximum absolute atomic E-state index is 12.7. The number of hydrogen-bond acceptors (Lipinski definition) is 2. The molecule has 1 aromatic rings. The molecule has 0 saturated carbocycles. The highest BCUT2D eigenvalue weighted by Gasteiger charge is 2.19. The standard InChI is InChI=1S/C13H17FN2O/c14-11-3-1-10(2-4-11)7-8-15-9-12-5-6-13(17)16-12/h1-4,12,15H,5-9H2,(H,16,17). The van der Waals surface area contributed by atoms with Gasteiger partial charge in [0, 0.05) is 19.0 Å². The monoisotopic (exact) mass is 236 g/mol. The number of carbonyl (C=O) groups is 1. The Morgan fingerprint density at radius 2 is 2.12 bits per heavy atom. The van der Waals surface area contributed by atoms with Crippen LogP contribution < -0.4 is 10.6 Å². The summed E-state index contributed by atoms with van der Waals surface area (Å²) in [6, 6.07) is 6.83. The van der Waals surface area contributed by atoms with Gasteiger partial charge >= 0.3 is 0 Å². The lowest BCUT2D eigenvalue weighted by atomic mass is 10.1. The fourth-order valence-corrected chi connectivity index (χ4v) is 1.99. The molecule has 1 aliphatic rings. The van der Waals surface area contributed by atoms with Crippen LogP contribution in [0.1, 0.15) is 18.4 Å². The van der Waals surface area contributed by atoms with Crippen molar-refractivity contribution in [2.24, 2.45) is 0 Å². The molecule has 0 aromatic heterocycles. The van der Waals surface area contributed by atoms with Crippen LogP contribution in [0.4, 0.5) is 4.39 Å². The Labute approximate surface area is 100 Å². The number of carbonyl (C=O) groups excluding carboxylic acids is 1. The number of amides is 1. The van der Waals surface area contributed by atoms with Crippen molar-refractivity contribution in [3.8, 4) is 0 Å². The van der Waals surface area contributed by atoms with Crippen LogP contribution in [0.5, 0.6) is 0 Å². The average molecular weight is 236 g/mol. The van der Waals surface area contributed by atoms with E-state index in [1.54, 1.807) is 12.1 Å². The average Bonchev–Trinajstić information content (AvgIpc) is 2.73. The fraction of sp³-hybridized carbons (Fsp3) is 0.462. The topological polar surface area (TPSA) is 41.1 Å². The number of nitrogens with one attached hydrogen (secondary N) is 2. The molecule has 0 aliphatic carbocycles. The van der Waals surface area contributed by atoms with Gasteiger partial charge in [0.1, 0.15) is 5.82 Å². The molecule has 1 heterocycles. The van der Waals surface area contributed by atoms with Crippen LogP contribution in [0, 0.1) is 5.82 Å². The molecule has 4 heteroatoms. The first-order valence-corrected chi connectivity index (χ1v) is 5.98. The predicted molar refractivity (Wildman–Crippen MR) is 64.1 cm³/mol. The normalized spacial score (nSPS) is 19.4. The van der Waals surface area contributed by atoms with Crippen molar-refractivity contribution >= 4 is 5.91 Å². The highest BCUT2D eigenvalue weighted by atomic mass is 19.1. The van der Waals surface area contributed by atoms with Crippen LogP contribution in [0.25, 0.3) is 0 Å². The second-order valence-electron chi connectivity index (χ2n) is 4.38. The van der Waals surface area contributed by atoms with Crippen molar-refractivity contribution in [3.05, 3.63) is 35.6 Å². The van der Waals surface area contributed by atoms with Crippen LogP contribution in [0.2, 0.25) is 0 Å². The van der Waals surface area contributed by atoms with Gasteiger partial charge in [0.25, 0.3) is 0 Å². The molecule has 1 aliphatic heterocycles. The van der Waals surface area contributed by atoms with Crippen LogP contribution in [0.3, 0.4) is 0 Å². The highest BCUT2D eigenvalue weighted by molar-refractivity contribution is 5.78. The van der Waals surface area contributed by atoms with E-state index >= 15 is 0 Å². The van der Waals surface area contributed by atoms with E-state index in [1.807, 2.05) is 0 Å². The van der Waals surface area contributed by atoms with Gasteiger partial charge < -0.3 is 10.6 Å². The molecular formula is C13H17FN2O. The highest BCUT2D eigenvalue weighted by Crippen LogP contribution is 2.05. The van der Waals surface area contributed by atoms with Gasteiger partial charge in [0.15, 0.2) is 0 Å². The van der Waals surface area contributed by atoms with E-state index in [4.69, 9.17) is 0 Å². The van der Waals surface area contributed by atoms with Gasteiger partial charge in [-0.25, -0.2) is 4.39 Å². The van der Waals surface area contributed by atoms with Crippen LogP contribution in [-0.4, -0.2) is 25.0 Å². The third-order valence-corrected chi connectivity index (χ3v) is 2.98. The second kappa shape index (κ2) is 5.77. The van der Waals surface area contributed by atoms with Gasteiger partial charge in [-0.3, -0.25) is 4.79 Å². The maximum atomic E-state index is 12.7. The molecule has 0 spiro atoms. The minimum atomic E-state index is -0.199. The molecule has 2 rings (SSSR count). The lowest BCUT2D eigenvalue weighted by Crippen LogP contribution is -2.36. The van der Waals surface area contributed by atoms with E-state index in [9.17, 15) is 9.18 Å². The number of halogens is 1. The number of benzene rings is 1. The van der Waals surface area contributed by atoms with E-state index in [-0.39, 0.29) is 17.8 Å². The second-order valence-corrected chi connectivity index (χ2v) is 4.38. The summed E-state index contributed by atoms with van der Waals surface area (Å²) in [5.41, 5.74) is 1.12. The lowest BCUT2D eigenvalue weighted by Gasteiger charge is -2.11. The van der Waals surface area contributed by atoms with Crippen LogP contribution >= 0.6 is 0 Å². The van der Waals surface area contributed by atoms with E-state index in [0.717, 1.165) is 31.5 Å². The minimum absolute atomic E-state index is 0.148. The zero-order valence-corrected chi connectivity index (χ0v) is 9.71. The molecule has 1 atom stereocenters. The van der Waals surface area contributed by atoms with Crippen molar-refractivity contribution in [3.63, 3.8) is 0 Å². The molecule has 1 aromatic carbocycles. The Balaban J connectivity index is 1.63. The summed E-state index contributed by atoms with van der Waals surface area (Å²) in [5, 5.41) is 6.21. The maximum Gasteiger partial charge on any atom is 0.220 e. The third kappa shape index (κ3) is 3.82. The Morgan fingerprint density at radius 1 is 1.35 bits per heavy atom. The van der Waals surface area contributed by atoms with Crippen molar-refractivity contribution in [2.45, 2.75) is 25.3 Å². The van der Waals surface area contributed by atoms with Gasteiger partial charge in [0.05, 0.1) is 0 Å². The van der Waals surface area contributed by atoms with Crippen LogP contribution in [-0.2, 0) is 11.2 Å². The Morgan fingerprint density at radius 3 is 2.76 bits per heavy atom. The summed E-state index contributed by atoms with van der Waals surface area (Å²) in [5.74, 6) is -0.0503. The molecule has 2 N–H and O–H groups in total. The SMILES string of the molecule is O=C1CCC(CNCCc2ccc(F)cc2)N1. The summed E-state index contributed by atoms with van der Waals surface area (Å²) >= 11 is 0. The van der Waals surface area contributed by atoms with E-state index < -0.39 is 0 Å². The molecule has 17 heavy (non-hydrogen) atoms. The van der Waals surface area contributed by atoms with E-state index in [1.165, 1.54) is 12.1 Å². The largest absolute Gasteiger partial charge is 0.352 e. The van der Waals surface area contributed by atoms with Crippen LogP contribution in [0.15, 0.2) is 24.3 Å². The van der Waals surface area contributed by atoms with E-state index in [2.05, 4.69) is 10.6 Å². The molecule has 1 fully saturated rings. The Kier molecular flexibility index (Phi) is 4.09. The zero-order chi connectivity index (χ0) is 12.1. The zero-order valence-electron chi connectivity index (χ0n) is 9.71. The van der Waals surface area contributed by atoms with Gasteiger partial charge in [-0.05, 0) is 37.1 Å². The molecule has 1 saturated heterocycles. The third-order valence-electron chi connectivity index (χ3n) is 2.98. The molecule has 1 amide bonds. The first kappa shape index (κ1) is 12.0. The summed E-state index contributed by atoms with van der Waals surface area (Å²) in [6.45, 7) is 1.66. The summed E-state index contributed by atoms with van der Waals surface area (Å²) < 4.78 is 12.7. The lowest BCUT2D eigenvalue weighted by molar-refractivity contribution is -0.119. The Bertz CT molecular complexity index is 378. The van der Waals surface area contributed by atoms with Gasteiger partial charge in [-0.1, -0.05) is 12.1 Å². The molecule has 92 valence electrons. The van der Waals surface area contributed by atoms with Crippen molar-refractivity contribution < 1.29 is 9.18 Å². The Hall–Kier alpha value is -1.42. The van der Waals surface area contributed by atoms with Crippen molar-refractivity contribution in [2.75, 3.05) is 13.1 Å². The quantitative estimate of drug-likeness (QED) is 0.755. The van der Waals surface area contributed by atoms with Gasteiger partial charge in [-0.15, -0.1) is 0 Å². The van der Waals surface area contributed by atoms with Crippen molar-refractivity contribution in [1.29, 1.82) is 0 Å². The molecule has 0 radical (unpaired) electrons. The molecule has 0 bridgehead atoms. The predicted octanol–water partition coefficient (Wildman–Crippen LogP) is 1.24.